The smallest absolute Gasteiger partial charge is 0.168 e. The first-order valence-corrected chi connectivity index (χ1v) is 8.73. The molecule has 5 atom stereocenters. The van der Waals surface area contributed by atoms with Gasteiger partial charge >= 0.3 is 0 Å². The summed E-state index contributed by atoms with van der Waals surface area (Å²) in [6, 6.07) is 0. The lowest BCUT2D eigenvalue weighted by molar-refractivity contribution is -0.131. The van der Waals surface area contributed by atoms with Crippen LogP contribution in [-0.4, -0.2) is 17.5 Å². The second-order valence-electron chi connectivity index (χ2n) is 7.84. The maximum absolute atomic E-state index is 13.3. The van der Waals surface area contributed by atoms with Gasteiger partial charge in [0.2, 0.25) is 0 Å². The Bertz CT molecular complexity index is 661. The molecule has 0 radical (unpaired) electrons. The number of aliphatic hydroxyl groups is 1. The Labute approximate surface area is 139 Å². The van der Waals surface area contributed by atoms with E-state index >= 15 is 0 Å². The fourth-order valence-electron chi connectivity index (χ4n) is 5.49. The number of ketones is 1. The van der Waals surface area contributed by atoms with Gasteiger partial charge in [0, 0.05) is 22.8 Å². The molecule has 0 aromatic carbocycles. The molecule has 124 valence electrons. The molecule has 5 unspecified atom stereocenters. The van der Waals surface area contributed by atoms with Crippen LogP contribution in [0.3, 0.4) is 0 Å². The van der Waals surface area contributed by atoms with Crippen molar-refractivity contribution in [3.05, 3.63) is 46.6 Å². The topological polar surface area (TPSA) is 37.3 Å². The number of carbonyl (C=O) groups is 1. The molecule has 3 rings (SSSR count). The minimum Gasteiger partial charge on any atom is -0.392 e. The Balaban J connectivity index is 2.27. The quantitative estimate of drug-likeness (QED) is 0.775. The van der Waals surface area contributed by atoms with E-state index in [1.807, 2.05) is 13.0 Å². The first-order valence-electron chi connectivity index (χ1n) is 8.73. The number of allylic oxidation sites excluding steroid dienone is 7. The summed E-state index contributed by atoms with van der Waals surface area (Å²) in [4.78, 5) is 13.3. The van der Waals surface area contributed by atoms with E-state index in [4.69, 9.17) is 0 Å². The molecule has 0 aliphatic heterocycles. The lowest BCUT2D eigenvalue weighted by Crippen LogP contribution is -2.53. The standard InChI is InChI=1S/C21H28O2/c1-6-13(3)18-14(4)9-15-7-12(2)8-16-10-17(11-22)20(23)21(18,5)19(15)16/h6,8-10,12,15,18-19,22H,7,11H2,1-5H3/b13-6+. The van der Waals surface area contributed by atoms with Gasteiger partial charge in [-0.25, -0.2) is 0 Å². The largest absolute Gasteiger partial charge is 0.392 e. The highest BCUT2D eigenvalue weighted by molar-refractivity contribution is 6.03. The van der Waals surface area contributed by atoms with E-state index in [-0.39, 0.29) is 24.2 Å². The van der Waals surface area contributed by atoms with E-state index in [0.717, 1.165) is 6.42 Å². The zero-order valence-corrected chi connectivity index (χ0v) is 14.9. The number of aliphatic hydroxyl groups excluding tert-OH is 1. The van der Waals surface area contributed by atoms with Crippen LogP contribution in [0.5, 0.6) is 0 Å². The molecule has 1 N–H and O–H groups in total. The summed E-state index contributed by atoms with van der Waals surface area (Å²) in [5.74, 6) is 1.46. The second kappa shape index (κ2) is 5.59. The van der Waals surface area contributed by atoms with Crippen LogP contribution in [0.25, 0.3) is 0 Å². The number of carbonyl (C=O) groups excluding carboxylic acids is 1. The number of hydrogen-bond donors (Lipinski definition) is 1. The van der Waals surface area contributed by atoms with Gasteiger partial charge in [0.05, 0.1) is 6.61 Å². The average Bonchev–Trinajstić information content (AvgIpc) is 2.49. The van der Waals surface area contributed by atoms with E-state index < -0.39 is 5.41 Å². The van der Waals surface area contributed by atoms with Gasteiger partial charge in [-0.05, 0) is 50.7 Å². The minimum atomic E-state index is -0.473. The van der Waals surface area contributed by atoms with Crippen LogP contribution in [0, 0.1) is 29.1 Å². The SMILES string of the molecule is C/C=C(\C)C1C(C)=CC2CC(C)C=C3C=C(CO)C(=O)C1(C)C32. The van der Waals surface area contributed by atoms with E-state index in [0.29, 0.717) is 17.4 Å². The Morgan fingerprint density at radius 2 is 2.13 bits per heavy atom. The summed E-state index contributed by atoms with van der Waals surface area (Å²) >= 11 is 0. The lowest BCUT2D eigenvalue weighted by Gasteiger charge is -2.54. The summed E-state index contributed by atoms with van der Waals surface area (Å²) < 4.78 is 0. The molecule has 0 fully saturated rings. The van der Waals surface area contributed by atoms with Gasteiger partial charge in [-0.15, -0.1) is 0 Å². The molecule has 0 saturated heterocycles. The van der Waals surface area contributed by atoms with Crippen molar-refractivity contribution in [2.24, 2.45) is 29.1 Å². The van der Waals surface area contributed by atoms with E-state index in [1.54, 1.807) is 0 Å². The van der Waals surface area contributed by atoms with Gasteiger partial charge in [0.1, 0.15) is 0 Å². The zero-order chi connectivity index (χ0) is 16.9. The molecule has 0 heterocycles. The third kappa shape index (κ3) is 2.22. The van der Waals surface area contributed by atoms with Gasteiger partial charge in [0.25, 0.3) is 0 Å². The predicted octanol–water partition coefficient (Wildman–Crippen LogP) is 4.24. The summed E-state index contributed by atoms with van der Waals surface area (Å²) in [5.41, 5.74) is 3.93. The molecular formula is C21H28O2. The Morgan fingerprint density at radius 3 is 2.74 bits per heavy atom. The molecule has 0 spiro atoms. The summed E-state index contributed by atoms with van der Waals surface area (Å²) in [6.07, 6.45) is 9.94. The van der Waals surface area contributed by atoms with Crippen molar-refractivity contribution in [2.75, 3.05) is 6.61 Å². The zero-order valence-electron chi connectivity index (χ0n) is 14.9. The first-order chi connectivity index (χ1) is 10.8. The van der Waals surface area contributed by atoms with Gasteiger partial charge in [-0.1, -0.05) is 43.2 Å². The molecule has 23 heavy (non-hydrogen) atoms. The average molecular weight is 312 g/mol. The van der Waals surface area contributed by atoms with Crippen molar-refractivity contribution >= 4 is 5.78 Å². The van der Waals surface area contributed by atoms with Crippen LogP contribution in [0.1, 0.15) is 41.0 Å². The highest BCUT2D eigenvalue weighted by Crippen LogP contribution is 2.59. The van der Waals surface area contributed by atoms with Crippen LogP contribution in [0.4, 0.5) is 0 Å². The van der Waals surface area contributed by atoms with Crippen LogP contribution in [0.15, 0.2) is 46.6 Å². The lowest BCUT2D eigenvalue weighted by atomic mass is 9.48. The van der Waals surface area contributed by atoms with E-state index in [2.05, 4.69) is 45.9 Å². The summed E-state index contributed by atoms with van der Waals surface area (Å²) in [7, 11) is 0. The molecule has 0 aromatic heterocycles. The van der Waals surface area contributed by atoms with Gasteiger partial charge in [-0.2, -0.15) is 0 Å². The monoisotopic (exact) mass is 312 g/mol. The number of rotatable bonds is 2. The van der Waals surface area contributed by atoms with Crippen LogP contribution in [0.2, 0.25) is 0 Å². The van der Waals surface area contributed by atoms with Crippen molar-refractivity contribution < 1.29 is 9.90 Å². The van der Waals surface area contributed by atoms with Gasteiger partial charge < -0.3 is 5.11 Å². The number of Topliss-reactive ketones (excluding diaryl/α,β-unsaturated/α-hetero) is 1. The van der Waals surface area contributed by atoms with Crippen LogP contribution >= 0.6 is 0 Å². The predicted molar refractivity (Wildman–Crippen MR) is 93.8 cm³/mol. The van der Waals surface area contributed by atoms with Crippen molar-refractivity contribution in [1.82, 2.24) is 0 Å². The molecule has 0 amide bonds. The molecule has 3 aliphatic rings. The molecular weight excluding hydrogens is 284 g/mol. The van der Waals surface area contributed by atoms with Crippen LogP contribution in [-0.2, 0) is 4.79 Å². The Hall–Kier alpha value is -1.41. The molecule has 3 aliphatic carbocycles. The minimum absolute atomic E-state index is 0.133. The van der Waals surface area contributed by atoms with Crippen molar-refractivity contribution in [3.8, 4) is 0 Å². The fourth-order valence-corrected chi connectivity index (χ4v) is 5.49. The third-order valence-electron chi connectivity index (χ3n) is 6.29. The first kappa shape index (κ1) is 16.4. The Kier molecular flexibility index (Phi) is 4.00. The van der Waals surface area contributed by atoms with Crippen molar-refractivity contribution in [3.63, 3.8) is 0 Å². The van der Waals surface area contributed by atoms with Gasteiger partial charge in [-0.3, -0.25) is 4.79 Å². The Morgan fingerprint density at radius 1 is 1.43 bits per heavy atom. The highest BCUT2D eigenvalue weighted by Gasteiger charge is 2.57. The molecule has 2 heteroatoms. The normalized spacial score (nSPS) is 40.2. The molecule has 0 aromatic rings. The van der Waals surface area contributed by atoms with Crippen molar-refractivity contribution in [2.45, 2.75) is 41.0 Å². The summed E-state index contributed by atoms with van der Waals surface area (Å²) in [6.45, 7) is 10.6. The maximum atomic E-state index is 13.3. The highest BCUT2D eigenvalue weighted by atomic mass is 16.3. The molecule has 0 saturated carbocycles. The van der Waals surface area contributed by atoms with E-state index in [9.17, 15) is 9.90 Å². The number of hydrogen-bond acceptors (Lipinski definition) is 2. The van der Waals surface area contributed by atoms with Crippen LogP contribution < -0.4 is 0 Å². The molecule has 2 nitrogen and oxygen atoms in total. The second-order valence-corrected chi connectivity index (χ2v) is 7.84. The summed E-state index contributed by atoms with van der Waals surface area (Å²) in [5, 5.41) is 9.73. The van der Waals surface area contributed by atoms with Gasteiger partial charge in [0.15, 0.2) is 5.78 Å². The third-order valence-corrected chi connectivity index (χ3v) is 6.29. The van der Waals surface area contributed by atoms with Crippen molar-refractivity contribution in [1.29, 1.82) is 0 Å². The molecule has 0 bridgehead atoms. The van der Waals surface area contributed by atoms with E-state index in [1.165, 1.54) is 16.7 Å². The maximum Gasteiger partial charge on any atom is 0.168 e. The fraction of sp³-hybridized carbons (Fsp3) is 0.571.